The van der Waals surface area contributed by atoms with E-state index in [-0.39, 0.29) is 5.91 Å². The average molecular weight is 218 g/mol. The molecule has 0 bridgehead atoms. The van der Waals surface area contributed by atoms with Crippen LogP contribution in [0.15, 0.2) is 37.6 Å². The maximum atomic E-state index is 11.9. The number of nitrogens with one attached hydrogen (secondary N) is 1. The van der Waals surface area contributed by atoms with Gasteiger partial charge in [-0.25, -0.2) is 0 Å². The quantitative estimate of drug-likeness (QED) is 0.583. The second-order valence-corrected chi connectivity index (χ2v) is 3.25. The largest absolute Gasteiger partial charge is 0.356 e. The van der Waals surface area contributed by atoms with Crippen LogP contribution in [0.25, 0.3) is 0 Å². The van der Waals surface area contributed by atoms with Crippen LogP contribution in [0.5, 0.6) is 0 Å². The van der Waals surface area contributed by atoms with E-state index in [1.54, 1.807) is 17.1 Å². The smallest absolute Gasteiger partial charge is 0.270 e. The van der Waals surface area contributed by atoms with Crippen LogP contribution in [0.4, 0.5) is 0 Å². The second kappa shape index (κ2) is 5.70. The second-order valence-electron chi connectivity index (χ2n) is 3.25. The predicted octanol–water partition coefficient (Wildman–Crippen LogP) is 1.64. The van der Waals surface area contributed by atoms with Crippen molar-refractivity contribution in [2.75, 3.05) is 13.1 Å². The Hall–Kier alpha value is -2.10. The highest BCUT2D eigenvalue weighted by Crippen LogP contribution is 2.05. The molecular weight excluding hydrogens is 204 g/mol. The van der Waals surface area contributed by atoms with Crippen molar-refractivity contribution >= 4 is 12.2 Å². The Morgan fingerprint density at radius 3 is 2.44 bits per heavy atom. The first-order chi connectivity index (χ1) is 7.72. The third-order valence-corrected chi connectivity index (χ3v) is 2.06. The van der Waals surface area contributed by atoms with Crippen molar-refractivity contribution in [2.24, 2.45) is 0 Å². The van der Waals surface area contributed by atoms with Gasteiger partial charge >= 0.3 is 0 Å². The molecule has 1 rings (SSSR count). The molecule has 1 amide bonds. The van der Waals surface area contributed by atoms with Gasteiger partial charge in [-0.1, -0.05) is 12.2 Å². The Labute approximate surface area is 94.3 Å². The lowest BCUT2D eigenvalue weighted by Crippen LogP contribution is -2.31. The van der Waals surface area contributed by atoms with E-state index < -0.39 is 0 Å². The fraction of sp³-hybridized carbons (Fsp3) is 0.167. The third-order valence-electron chi connectivity index (χ3n) is 2.06. The van der Waals surface area contributed by atoms with Gasteiger partial charge < -0.3 is 9.88 Å². The van der Waals surface area contributed by atoms with Gasteiger partial charge in [0.2, 0.25) is 0 Å². The summed E-state index contributed by atoms with van der Waals surface area (Å²) >= 11 is 0. The highest BCUT2D eigenvalue weighted by Gasteiger charge is 2.14. The summed E-state index contributed by atoms with van der Waals surface area (Å²) in [5.74, 6) is -0.173. The molecule has 0 saturated heterocycles. The lowest BCUT2D eigenvalue weighted by atomic mass is 10.3. The van der Waals surface area contributed by atoms with E-state index >= 15 is 0 Å². The monoisotopic (exact) mass is 218 g/mol. The molecule has 16 heavy (non-hydrogen) atoms. The third kappa shape index (κ3) is 2.70. The standard InChI is InChI=1S/C12H14N2O2/c1-3-5-14(6-4-2)12(16)11-7-10(9-15)8-13-11/h3-4,7-9,13H,1-2,5-6H2. The molecule has 0 unspecified atom stereocenters. The molecule has 84 valence electrons. The maximum Gasteiger partial charge on any atom is 0.270 e. The summed E-state index contributed by atoms with van der Waals surface area (Å²) in [7, 11) is 0. The lowest BCUT2D eigenvalue weighted by Gasteiger charge is -2.18. The average Bonchev–Trinajstić information content (AvgIpc) is 2.76. The molecule has 1 aromatic rings. The number of rotatable bonds is 6. The van der Waals surface area contributed by atoms with Crippen molar-refractivity contribution in [3.8, 4) is 0 Å². The Morgan fingerprint density at radius 2 is 2.00 bits per heavy atom. The SMILES string of the molecule is C=CCN(CC=C)C(=O)c1cc(C=O)c[nH]1. The van der Waals surface area contributed by atoms with Crippen LogP contribution in [0, 0.1) is 0 Å². The molecule has 4 heteroatoms. The molecule has 1 aromatic heterocycles. The zero-order valence-corrected chi connectivity index (χ0v) is 8.98. The molecule has 0 spiro atoms. The number of H-pyrrole nitrogens is 1. The van der Waals surface area contributed by atoms with Crippen molar-refractivity contribution in [3.63, 3.8) is 0 Å². The number of hydrogen-bond acceptors (Lipinski definition) is 2. The van der Waals surface area contributed by atoms with E-state index in [0.717, 1.165) is 0 Å². The molecule has 0 aliphatic rings. The Balaban J connectivity index is 2.84. The highest BCUT2D eigenvalue weighted by molar-refractivity contribution is 5.94. The minimum absolute atomic E-state index is 0.173. The van der Waals surface area contributed by atoms with E-state index in [4.69, 9.17) is 0 Å². The molecule has 0 radical (unpaired) electrons. The van der Waals surface area contributed by atoms with Crippen LogP contribution in [0.3, 0.4) is 0 Å². The van der Waals surface area contributed by atoms with Crippen LogP contribution in [-0.4, -0.2) is 35.2 Å². The summed E-state index contributed by atoms with van der Waals surface area (Å²) in [6, 6.07) is 1.52. The maximum absolute atomic E-state index is 11.9. The van der Waals surface area contributed by atoms with Gasteiger partial charge in [0.25, 0.3) is 5.91 Å². The van der Waals surface area contributed by atoms with Crippen molar-refractivity contribution in [3.05, 3.63) is 48.8 Å². The normalized spacial score (nSPS) is 9.50. The molecular formula is C12H14N2O2. The Bertz CT molecular complexity index is 397. The van der Waals surface area contributed by atoms with Gasteiger partial charge in [-0.15, -0.1) is 13.2 Å². The molecule has 0 aliphatic heterocycles. The summed E-state index contributed by atoms with van der Waals surface area (Å²) in [6.45, 7) is 8.06. The molecule has 4 nitrogen and oxygen atoms in total. The van der Waals surface area contributed by atoms with Crippen molar-refractivity contribution in [2.45, 2.75) is 0 Å². The van der Waals surface area contributed by atoms with E-state index in [9.17, 15) is 9.59 Å². The van der Waals surface area contributed by atoms with Crippen molar-refractivity contribution in [1.29, 1.82) is 0 Å². The zero-order valence-electron chi connectivity index (χ0n) is 8.98. The van der Waals surface area contributed by atoms with Gasteiger partial charge in [0.05, 0.1) is 0 Å². The van der Waals surface area contributed by atoms with E-state index in [1.807, 2.05) is 0 Å². The van der Waals surface area contributed by atoms with Gasteiger partial charge in [0.1, 0.15) is 5.69 Å². The number of carbonyl (C=O) groups is 2. The molecule has 0 aliphatic carbocycles. The number of carbonyl (C=O) groups excluding carboxylic acids is 2. The first-order valence-corrected chi connectivity index (χ1v) is 4.87. The zero-order chi connectivity index (χ0) is 12.0. The van der Waals surface area contributed by atoms with E-state index in [0.29, 0.717) is 30.6 Å². The molecule has 0 atom stereocenters. The van der Waals surface area contributed by atoms with Crippen LogP contribution in [0.2, 0.25) is 0 Å². The molecule has 0 aromatic carbocycles. The van der Waals surface area contributed by atoms with Gasteiger partial charge in [-0.3, -0.25) is 9.59 Å². The first kappa shape index (κ1) is 12.0. The lowest BCUT2D eigenvalue weighted by molar-refractivity contribution is 0.0785. The van der Waals surface area contributed by atoms with Gasteiger partial charge in [0, 0.05) is 24.8 Å². The highest BCUT2D eigenvalue weighted by atomic mass is 16.2. The van der Waals surface area contributed by atoms with Gasteiger partial charge in [0.15, 0.2) is 6.29 Å². The number of nitrogens with zero attached hydrogens (tertiary/aromatic N) is 1. The number of aromatic nitrogens is 1. The summed E-state index contributed by atoms with van der Waals surface area (Å²) in [5, 5.41) is 0. The molecule has 0 saturated carbocycles. The number of aldehydes is 1. The summed E-state index contributed by atoms with van der Waals surface area (Å²) < 4.78 is 0. The van der Waals surface area contributed by atoms with Gasteiger partial charge in [-0.05, 0) is 6.07 Å². The number of aromatic amines is 1. The molecule has 1 heterocycles. The Morgan fingerprint density at radius 1 is 1.38 bits per heavy atom. The minimum atomic E-state index is -0.173. The van der Waals surface area contributed by atoms with Gasteiger partial charge in [-0.2, -0.15) is 0 Å². The van der Waals surface area contributed by atoms with Crippen molar-refractivity contribution in [1.82, 2.24) is 9.88 Å². The number of amides is 1. The van der Waals surface area contributed by atoms with Crippen LogP contribution < -0.4 is 0 Å². The summed E-state index contributed by atoms with van der Waals surface area (Å²) in [5.41, 5.74) is 0.853. The van der Waals surface area contributed by atoms with E-state index in [1.165, 1.54) is 12.3 Å². The number of hydrogen-bond donors (Lipinski definition) is 1. The fourth-order valence-corrected chi connectivity index (χ4v) is 1.32. The minimum Gasteiger partial charge on any atom is -0.356 e. The molecule has 1 N–H and O–H groups in total. The summed E-state index contributed by atoms with van der Waals surface area (Å²) in [6.07, 6.45) is 5.48. The summed E-state index contributed by atoms with van der Waals surface area (Å²) in [4.78, 5) is 26.8. The topological polar surface area (TPSA) is 53.2 Å². The Kier molecular flexibility index (Phi) is 4.27. The van der Waals surface area contributed by atoms with Crippen molar-refractivity contribution < 1.29 is 9.59 Å². The van der Waals surface area contributed by atoms with E-state index in [2.05, 4.69) is 18.1 Å². The molecule has 0 fully saturated rings. The van der Waals surface area contributed by atoms with Crippen LogP contribution in [-0.2, 0) is 0 Å². The fourth-order valence-electron chi connectivity index (χ4n) is 1.32. The van der Waals surface area contributed by atoms with Crippen LogP contribution >= 0.6 is 0 Å². The van der Waals surface area contributed by atoms with Crippen LogP contribution in [0.1, 0.15) is 20.8 Å². The predicted molar refractivity (Wildman–Crippen MR) is 62.5 cm³/mol. The first-order valence-electron chi connectivity index (χ1n) is 4.87.